The van der Waals surface area contributed by atoms with Gasteiger partial charge in [0.2, 0.25) is 12.2 Å². The van der Waals surface area contributed by atoms with Crippen LogP contribution in [0.25, 0.3) is 10.9 Å². The summed E-state index contributed by atoms with van der Waals surface area (Å²) in [6.45, 7) is 2.57. The van der Waals surface area contributed by atoms with E-state index >= 15 is 0 Å². The molecule has 0 saturated heterocycles. The van der Waals surface area contributed by atoms with Crippen LogP contribution < -0.4 is 25.0 Å². The maximum Gasteiger partial charge on any atom is 0.261 e. The van der Waals surface area contributed by atoms with Crippen LogP contribution in [0.4, 0.5) is 5.69 Å². The number of hydrogen-bond acceptors (Lipinski definition) is 5. The van der Waals surface area contributed by atoms with Gasteiger partial charge in [-0.15, -0.1) is 0 Å². The van der Waals surface area contributed by atoms with Crippen LogP contribution in [0.1, 0.15) is 17.3 Å². The number of rotatable bonds is 2. The van der Waals surface area contributed by atoms with Gasteiger partial charge in [0.1, 0.15) is 17.4 Å². The van der Waals surface area contributed by atoms with Crippen molar-refractivity contribution in [1.29, 1.82) is 0 Å². The van der Waals surface area contributed by atoms with Gasteiger partial charge in [0.25, 0.3) is 5.91 Å². The van der Waals surface area contributed by atoms with Crippen LogP contribution in [-0.4, -0.2) is 23.4 Å². The van der Waals surface area contributed by atoms with Crippen molar-refractivity contribution < 1.29 is 19.0 Å². The molecule has 2 aliphatic rings. The lowest BCUT2D eigenvalue weighted by atomic mass is 10.1. The molecular formula is C20H15ClN2O5. The van der Waals surface area contributed by atoms with Crippen molar-refractivity contribution in [3.63, 3.8) is 0 Å². The van der Waals surface area contributed by atoms with E-state index in [1.165, 1.54) is 0 Å². The van der Waals surface area contributed by atoms with E-state index in [4.69, 9.17) is 25.8 Å². The predicted molar refractivity (Wildman–Crippen MR) is 104 cm³/mol. The van der Waals surface area contributed by atoms with Gasteiger partial charge in [-0.3, -0.25) is 9.59 Å². The number of carbonyl (C=O) groups is 1. The first-order chi connectivity index (χ1) is 13.5. The average molecular weight is 399 g/mol. The Balaban J connectivity index is 1.59. The van der Waals surface area contributed by atoms with Crippen molar-refractivity contribution in [2.75, 3.05) is 12.1 Å². The minimum atomic E-state index is -0.518. The molecule has 1 N–H and O–H groups in total. The van der Waals surface area contributed by atoms with Crippen LogP contribution in [0.15, 0.2) is 41.3 Å². The summed E-state index contributed by atoms with van der Waals surface area (Å²) in [7, 11) is 0. The van der Waals surface area contributed by atoms with Crippen molar-refractivity contribution in [3.05, 3.63) is 57.3 Å². The summed E-state index contributed by atoms with van der Waals surface area (Å²) >= 11 is 6.29. The number of ether oxygens (including phenoxy) is 3. The van der Waals surface area contributed by atoms with Crippen molar-refractivity contribution in [2.45, 2.75) is 19.6 Å². The number of halogens is 1. The van der Waals surface area contributed by atoms with Gasteiger partial charge in [-0.25, -0.2) is 0 Å². The van der Waals surface area contributed by atoms with Gasteiger partial charge < -0.3 is 24.1 Å². The van der Waals surface area contributed by atoms with Crippen molar-refractivity contribution in [1.82, 2.24) is 4.57 Å². The highest BCUT2D eigenvalue weighted by Gasteiger charge is 2.25. The molecule has 0 aliphatic carbocycles. The first-order valence-corrected chi connectivity index (χ1v) is 9.12. The monoisotopic (exact) mass is 398 g/mol. The molecule has 28 heavy (non-hydrogen) atoms. The topological polar surface area (TPSA) is 78.8 Å². The molecule has 0 saturated carbocycles. The van der Waals surface area contributed by atoms with Crippen molar-refractivity contribution in [3.8, 4) is 17.2 Å². The summed E-state index contributed by atoms with van der Waals surface area (Å²) in [5, 5.41) is 3.31. The molecule has 1 atom stereocenters. The summed E-state index contributed by atoms with van der Waals surface area (Å²) in [5.74, 6) is 1.22. The van der Waals surface area contributed by atoms with Crippen molar-refractivity contribution in [2.24, 2.45) is 0 Å². The number of fused-ring (bicyclic) bond motifs is 1. The van der Waals surface area contributed by atoms with E-state index in [9.17, 15) is 9.59 Å². The smallest absolute Gasteiger partial charge is 0.261 e. The maximum absolute atomic E-state index is 13.0. The number of anilines is 1. The van der Waals surface area contributed by atoms with Gasteiger partial charge in [0, 0.05) is 18.0 Å². The van der Waals surface area contributed by atoms with Gasteiger partial charge in [-0.05, 0) is 31.2 Å². The Morgan fingerprint density at radius 3 is 2.82 bits per heavy atom. The number of nitrogens with one attached hydrogen (secondary N) is 1. The zero-order valence-corrected chi connectivity index (χ0v) is 15.6. The Morgan fingerprint density at radius 1 is 1.18 bits per heavy atom. The van der Waals surface area contributed by atoms with Crippen molar-refractivity contribution >= 4 is 34.1 Å². The fourth-order valence-corrected chi connectivity index (χ4v) is 3.81. The molecule has 0 spiro atoms. The molecular weight excluding hydrogens is 384 g/mol. The quantitative estimate of drug-likeness (QED) is 0.715. The highest BCUT2D eigenvalue weighted by atomic mass is 35.5. The number of benzene rings is 2. The van der Waals surface area contributed by atoms with Gasteiger partial charge in [-0.2, -0.15) is 0 Å². The molecule has 3 heterocycles. The van der Waals surface area contributed by atoms with Crippen LogP contribution in [0.2, 0.25) is 5.02 Å². The van der Waals surface area contributed by atoms with Crippen LogP contribution in [0.3, 0.4) is 0 Å². The second-order valence-corrected chi connectivity index (χ2v) is 7.15. The zero-order valence-electron chi connectivity index (χ0n) is 14.8. The van der Waals surface area contributed by atoms with Gasteiger partial charge in [0.05, 0.1) is 22.5 Å². The number of carbonyl (C=O) groups excluding carboxylic acids is 1. The molecule has 142 valence electrons. The summed E-state index contributed by atoms with van der Waals surface area (Å²) in [5.41, 5.74) is 0.687. The molecule has 3 aromatic rings. The van der Waals surface area contributed by atoms with E-state index in [0.717, 1.165) is 0 Å². The first-order valence-electron chi connectivity index (χ1n) is 8.74. The van der Waals surface area contributed by atoms with Crippen LogP contribution >= 0.6 is 11.6 Å². The van der Waals surface area contributed by atoms with E-state index < -0.39 is 11.3 Å². The molecule has 7 nitrogen and oxygen atoms in total. The Labute approximate surface area is 164 Å². The lowest BCUT2D eigenvalue weighted by Crippen LogP contribution is -2.30. The van der Waals surface area contributed by atoms with E-state index in [-0.39, 0.29) is 28.9 Å². The van der Waals surface area contributed by atoms with Gasteiger partial charge in [-0.1, -0.05) is 11.6 Å². The Bertz CT molecular complexity index is 1200. The second-order valence-electron chi connectivity index (χ2n) is 6.74. The molecule has 1 aromatic heterocycles. The Hall–Kier alpha value is -3.19. The molecule has 0 bridgehead atoms. The molecule has 0 fully saturated rings. The van der Waals surface area contributed by atoms with E-state index in [1.54, 1.807) is 36.5 Å². The molecule has 0 unspecified atom stereocenters. The second kappa shape index (κ2) is 6.17. The summed E-state index contributed by atoms with van der Waals surface area (Å²) in [6, 6.07) is 8.40. The molecule has 8 heteroatoms. The third-order valence-electron chi connectivity index (χ3n) is 4.79. The number of hydrogen-bond donors (Lipinski definition) is 1. The first kappa shape index (κ1) is 16.9. The largest absolute Gasteiger partial charge is 0.487 e. The fraction of sp³-hybridized carbons (Fsp3) is 0.200. The highest BCUT2D eigenvalue weighted by Crippen LogP contribution is 2.35. The van der Waals surface area contributed by atoms with Crippen LogP contribution in [-0.2, 0) is 6.54 Å². The lowest BCUT2D eigenvalue weighted by Gasteiger charge is -2.26. The Morgan fingerprint density at radius 2 is 1.96 bits per heavy atom. The number of pyridine rings is 1. The zero-order chi connectivity index (χ0) is 19.4. The third-order valence-corrected chi connectivity index (χ3v) is 5.11. The molecule has 2 aromatic carbocycles. The number of aromatic nitrogens is 1. The standard InChI is InChI=1S/C20H15ClN2O5/c1-10-7-23-8-12(19(24)17-13(21)3-5-15(28-10)18(17)23)20(25)22-11-2-4-14-16(6-11)27-9-26-14/h2-6,8,10H,7,9H2,1H3,(H,22,25)/t10-/m0/s1. The molecule has 1 amide bonds. The average Bonchev–Trinajstić information content (AvgIpc) is 3.13. The van der Waals surface area contributed by atoms with Gasteiger partial charge >= 0.3 is 0 Å². The lowest BCUT2D eigenvalue weighted by molar-refractivity contribution is 0.102. The van der Waals surface area contributed by atoms with Crippen LogP contribution in [0, 0.1) is 0 Å². The minimum Gasteiger partial charge on any atom is -0.487 e. The number of nitrogens with zero attached hydrogens (tertiary/aromatic N) is 1. The summed E-state index contributed by atoms with van der Waals surface area (Å²) in [6.07, 6.45) is 1.47. The van der Waals surface area contributed by atoms with Gasteiger partial charge in [0.15, 0.2) is 11.5 Å². The maximum atomic E-state index is 13.0. The summed E-state index contributed by atoms with van der Waals surface area (Å²) in [4.78, 5) is 25.9. The predicted octanol–water partition coefficient (Wildman–Crippen LogP) is 3.42. The Kier molecular flexibility index (Phi) is 3.73. The number of amides is 1. The van der Waals surface area contributed by atoms with E-state index in [0.29, 0.717) is 35.0 Å². The summed E-state index contributed by atoms with van der Waals surface area (Å²) < 4.78 is 18.2. The van der Waals surface area contributed by atoms with Crippen LogP contribution in [0.5, 0.6) is 17.2 Å². The molecule has 5 rings (SSSR count). The van der Waals surface area contributed by atoms with E-state index in [1.807, 2.05) is 11.5 Å². The molecule has 0 radical (unpaired) electrons. The fourth-order valence-electron chi connectivity index (χ4n) is 3.57. The van der Waals surface area contributed by atoms with E-state index in [2.05, 4.69) is 5.32 Å². The minimum absolute atomic E-state index is 0.0123. The normalized spacial score (nSPS) is 16.7. The molecule has 2 aliphatic heterocycles. The SMILES string of the molecule is C[C@H]1Cn2cc(C(=O)Nc3ccc4c(c3)OCO4)c(=O)c3c(Cl)ccc(c32)O1. The highest BCUT2D eigenvalue weighted by molar-refractivity contribution is 6.35. The third kappa shape index (κ3) is 2.58.